The molecule has 0 fully saturated rings. The van der Waals surface area contributed by atoms with Gasteiger partial charge in [0.25, 0.3) is 0 Å². The zero-order valence-corrected chi connectivity index (χ0v) is 18.7. The highest BCUT2D eigenvalue weighted by Crippen LogP contribution is 2.42. The molecule has 30 heavy (non-hydrogen) atoms. The number of carbonyl (C=O) groups is 1. The molecule has 3 aliphatic rings. The number of hydrogen-bond acceptors (Lipinski definition) is 5. The highest BCUT2D eigenvalue weighted by Gasteiger charge is 2.34. The van der Waals surface area contributed by atoms with Crippen LogP contribution in [0.3, 0.4) is 0 Å². The molecule has 5 nitrogen and oxygen atoms in total. The Balaban J connectivity index is 1.49. The quantitative estimate of drug-likeness (QED) is 0.458. The Kier molecular flexibility index (Phi) is 7.38. The Labute approximate surface area is 180 Å². The van der Waals surface area contributed by atoms with Crippen molar-refractivity contribution in [1.29, 1.82) is 0 Å². The minimum absolute atomic E-state index is 0.325. The molecule has 2 N–H and O–H groups in total. The number of carbonyl (C=O) groups excluding carboxylic acids is 1. The Bertz CT molecular complexity index is 783. The van der Waals surface area contributed by atoms with Crippen molar-refractivity contribution in [1.82, 2.24) is 0 Å². The first kappa shape index (κ1) is 23.0. The number of ether oxygens (including phenoxy) is 2. The fourth-order valence-corrected chi connectivity index (χ4v) is 4.91. The van der Waals surface area contributed by atoms with E-state index in [1.165, 1.54) is 30.9 Å². The van der Waals surface area contributed by atoms with Crippen LogP contribution in [0.2, 0.25) is 0 Å². The Morgan fingerprint density at radius 2 is 2.03 bits per heavy atom. The maximum absolute atomic E-state index is 11.3. The smallest absolute Gasteiger partial charge is 0.333 e. The van der Waals surface area contributed by atoms with Gasteiger partial charge in [0, 0.05) is 11.6 Å². The lowest BCUT2D eigenvalue weighted by Gasteiger charge is -2.35. The van der Waals surface area contributed by atoms with E-state index < -0.39 is 24.7 Å². The molecule has 0 aromatic rings. The fourth-order valence-electron chi connectivity index (χ4n) is 4.91. The van der Waals surface area contributed by atoms with Crippen LogP contribution in [0.4, 0.5) is 0 Å². The van der Waals surface area contributed by atoms with Gasteiger partial charge in [0.05, 0.1) is 6.10 Å². The largest absolute Gasteiger partial charge is 0.429 e. The van der Waals surface area contributed by atoms with E-state index in [0.29, 0.717) is 17.4 Å². The molecule has 0 unspecified atom stereocenters. The number of hydrogen-bond donors (Lipinski definition) is 2. The highest BCUT2D eigenvalue weighted by molar-refractivity contribution is 5.85. The molecule has 0 aromatic heterocycles. The van der Waals surface area contributed by atoms with Crippen LogP contribution in [-0.4, -0.2) is 34.9 Å². The van der Waals surface area contributed by atoms with E-state index in [9.17, 15) is 15.0 Å². The van der Waals surface area contributed by atoms with Gasteiger partial charge in [-0.1, -0.05) is 42.7 Å². The van der Waals surface area contributed by atoms with Gasteiger partial charge < -0.3 is 19.7 Å². The van der Waals surface area contributed by atoms with Gasteiger partial charge in [-0.15, -0.1) is 0 Å². The van der Waals surface area contributed by atoms with Gasteiger partial charge in [0.2, 0.25) is 6.29 Å². The predicted octanol–water partition coefficient (Wildman–Crippen LogP) is 4.86. The predicted molar refractivity (Wildman–Crippen MR) is 116 cm³/mol. The Morgan fingerprint density at radius 3 is 2.67 bits per heavy atom. The molecule has 0 bridgehead atoms. The Morgan fingerprint density at radius 1 is 1.27 bits per heavy atom. The second-order valence-corrected chi connectivity index (χ2v) is 9.51. The lowest BCUT2D eigenvalue weighted by atomic mass is 9.71. The summed E-state index contributed by atoms with van der Waals surface area (Å²) in [7, 11) is 0. The van der Waals surface area contributed by atoms with Crippen LogP contribution < -0.4 is 0 Å². The average Bonchev–Trinajstić information content (AvgIpc) is 3.00. The molecule has 0 saturated heterocycles. The summed E-state index contributed by atoms with van der Waals surface area (Å²) in [5.41, 5.74) is 6.15. The standard InChI is InChI=1S/C25H36O5/c1-16(10-12-20-17(2)8-6-14-25(20,3)4)7-5-9-18-11-13-21(29-23(18)27)19-15-22(26)30-24(19)28/h7,11,15,21,23-24,27-28H,5-6,8-10,12-14H2,1-4H3/b16-7-/t21-,23-,24-/m1/s1. The van der Waals surface area contributed by atoms with Crippen molar-refractivity contribution < 1.29 is 24.5 Å². The molecule has 2 heterocycles. The zero-order chi connectivity index (χ0) is 21.9. The first-order valence-corrected chi connectivity index (χ1v) is 11.1. The number of esters is 1. The van der Waals surface area contributed by atoms with Gasteiger partial charge in [-0.25, -0.2) is 4.79 Å². The maximum atomic E-state index is 11.3. The van der Waals surface area contributed by atoms with Crippen LogP contribution in [0, 0.1) is 5.41 Å². The molecule has 0 saturated carbocycles. The van der Waals surface area contributed by atoms with Crippen molar-refractivity contribution in [3.63, 3.8) is 0 Å². The molecule has 0 spiro atoms. The van der Waals surface area contributed by atoms with Crippen LogP contribution >= 0.6 is 0 Å². The van der Waals surface area contributed by atoms with Crippen molar-refractivity contribution in [3.05, 3.63) is 46.1 Å². The minimum Gasteiger partial charge on any atom is -0.429 e. The van der Waals surface area contributed by atoms with E-state index in [-0.39, 0.29) is 0 Å². The normalized spacial score (nSPS) is 29.6. The summed E-state index contributed by atoms with van der Waals surface area (Å²) in [5, 5.41) is 20.1. The van der Waals surface area contributed by atoms with E-state index in [4.69, 9.17) is 9.47 Å². The van der Waals surface area contributed by atoms with Gasteiger partial charge in [-0.3, -0.25) is 0 Å². The molecule has 3 atom stereocenters. The minimum atomic E-state index is -1.27. The molecule has 5 heteroatoms. The monoisotopic (exact) mass is 416 g/mol. The SMILES string of the molecule is CC1=C(CC/C(C)=C\CCC2=CC[C@H](C3=CC(=O)O[C@H]3O)O[C@H]2O)C(C)(C)CCC1. The maximum Gasteiger partial charge on any atom is 0.333 e. The van der Waals surface area contributed by atoms with Crippen molar-refractivity contribution >= 4 is 5.97 Å². The van der Waals surface area contributed by atoms with Crippen LogP contribution in [0.5, 0.6) is 0 Å². The summed E-state index contributed by atoms with van der Waals surface area (Å²) in [5.74, 6) is -0.575. The number of rotatable bonds is 7. The molecule has 166 valence electrons. The summed E-state index contributed by atoms with van der Waals surface area (Å²) in [6.07, 6.45) is 10.8. The summed E-state index contributed by atoms with van der Waals surface area (Å²) in [6.45, 7) is 9.23. The fraction of sp³-hybridized carbons (Fsp3) is 0.640. The first-order chi connectivity index (χ1) is 14.2. The molecular weight excluding hydrogens is 380 g/mol. The van der Waals surface area contributed by atoms with Crippen LogP contribution in [0.15, 0.2) is 46.1 Å². The second kappa shape index (κ2) is 9.63. The number of allylic oxidation sites excluding steroid dienone is 4. The summed E-state index contributed by atoms with van der Waals surface area (Å²) < 4.78 is 10.3. The zero-order valence-electron chi connectivity index (χ0n) is 18.7. The van der Waals surface area contributed by atoms with E-state index in [2.05, 4.69) is 33.8 Å². The first-order valence-electron chi connectivity index (χ1n) is 11.1. The van der Waals surface area contributed by atoms with Crippen LogP contribution in [0.25, 0.3) is 0 Å². The molecule has 0 aromatic carbocycles. The van der Waals surface area contributed by atoms with E-state index in [0.717, 1.165) is 31.3 Å². The summed E-state index contributed by atoms with van der Waals surface area (Å²) in [4.78, 5) is 11.3. The van der Waals surface area contributed by atoms with Crippen LogP contribution in [-0.2, 0) is 14.3 Å². The summed E-state index contributed by atoms with van der Waals surface area (Å²) in [6, 6.07) is 0. The Hall–Kier alpha value is -1.69. The van der Waals surface area contributed by atoms with Crippen molar-refractivity contribution in [2.75, 3.05) is 0 Å². The second-order valence-electron chi connectivity index (χ2n) is 9.51. The lowest BCUT2D eigenvalue weighted by molar-refractivity contribution is -0.155. The summed E-state index contributed by atoms with van der Waals surface area (Å²) >= 11 is 0. The molecule has 0 radical (unpaired) electrons. The third-order valence-electron chi connectivity index (χ3n) is 6.75. The highest BCUT2D eigenvalue weighted by atomic mass is 16.6. The van der Waals surface area contributed by atoms with Crippen molar-refractivity contribution in [2.24, 2.45) is 5.41 Å². The third kappa shape index (κ3) is 5.51. The van der Waals surface area contributed by atoms with Crippen molar-refractivity contribution in [2.45, 2.75) is 97.7 Å². The number of cyclic esters (lactones) is 1. The van der Waals surface area contributed by atoms with Gasteiger partial charge in [-0.05, 0) is 76.2 Å². The van der Waals surface area contributed by atoms with Gasteiger partial charge in [0.15, 0.2) is 6.29 Å². The molecule has 1 aliphatic carbocycles. The van der Waals surface area contributed by atoms with Gasteiger partial charge in [0.1, 0.15) is 0 Å². The van der Waals surface area contributed by atoms with Gasteiger partial charge in [-0.2, -0.15) is 0 Å². The molecule has 2 aliphatic heterocycles. The van der Waals surface area contributed by atoms with Gasteiger partial charge >= 0.3 is 5.97 Å². The average molecular weight is 417 g/mol. The van der Waals surface area contributed by atoms with Crippen molar-refractivity contribution in [3.8, 4) is 0 Å². The number of aliphatic hydroxyl groups excluding tert-OH is 2. The third-order valence-corrected chi connectivity index (χ3v) is 6.75. The lowest BCUT2D eigenvalue weighted by Crippen LogP contribution is -2.32. The van der Waals surface area contributed by atoms with E-state index in [1.807, 2.05) is 6.08 Å². The molecular formula is C25H36O5. The van der Waals surface area contributed by atoms with Crippen LogP contribution in [0.1, 0.15) is 79.1 Å². The number of aliphatic hydroxyl groups is 2. The molecule has 0 amide bonds. The topological polar surface area (TPSA) is 76.0 Å². The van der Waals surface area contributed by atoms with E-state index in [1.54, 1.807) is 11.1 Å². The molecule has 3 rings (SSSR count). The van der Waals surface area contributed by atoms with E-state index >= 15 is 0 Å².